The number of piperidine rings is 1. The minimum absolute atomic E-state index is 0.728. The van der Waals surface area contributed by atoms with E-state index in [0.717, 1.165) is 19.0 Å². The monoisotopic (exact) mass is 218 g/mol. The molecule has 1 fully saturated rings. The van der Waals surface area contributed by atoms with Gasteiger partial charge in [0.15, 0.2) is 0 Å². The normalized spacial score (nSPS) is 23.6. The van der Waals surface area contributed by atoms with Crippen LogP contribution in [0, 0.1) is 0 Å². The minimum Gasteiger partial charge on any atom is -0.317 e. The number of likely N-dealkylation sites (tertiary alicyclic amines) is 1. The Morgan fingerprint density at radius 1 is 1.44 bits per heavy atom. The molecule has 0 amide bonds. The molecule has 2 heteroatoms. The van der Waals surface area contributed by atoms with Crippen molar-refractivity contribution in [3.63, 3.8) is 0 Å². The first-order valence-corrected chi connectivity index (χ1v) is 6.21. The van der Waals surface area contributed by atoms with Gasteiger partial charge in [0, 0.05) is 12.6 Å². The molecular formula is C14H22N2. The van der Waals surface area contributed by atoms with Crippen LogP contribution in [0.15, 0.2) is 36.0 Å². The quantitative estimate of drug-likeness (QED) is 0.780. The van der Waals surface area contributed by atoms with Crippen molar-refractivity contribution in [3.05, 3.63) is 36.0 Å². The summed E-state index contributed by atoms with van der Waals surface area (Å²) in [5.74, 6) is 0. The van der Waals surface area contributed by atoms with E-state index < -0.39 is 0 Å². The number of hydrogen-bond donors (Lipinski definition) is 1. The second-order valence-electron chi connectivity index (χ2n) is 4.86. The molecule has 1 aliphatic heterocycles. The van der Waals surface area contributed by atoms with Crippen LogP contribution >= 0.6 is 0 Å². The molecule has 1 N–H and O–H groups in total. The van der Waals surface area contributed by atoms with Crippen LogP contribution < -0.4 is 5.32 Å². The Morgan fingerprint density at radius 2 is 2.19 bits per heavy atom. The molecule has 2 rings (SSSR count). The van der Waals surface area contributed by atoms with Crippen LogP contribution in [0.5, 0.6) is 0 Å². The summed E-state index contributed by atoms with van der Waals surface area (Å²) in [4.78, 5) is 2.56. The number of nitrogens with zero attached hydrogens (tertiary/aromatic N) is 1. The number of rotatable bonds is 3. The highest BCUT2D eigenvalue weighted by Crippen LogP contribution is 2.19. The highest BCUT2D eigenvalue weighted by molar-refractivity contribution is 5.33. The Bertz CT molecular complexity index is 307. The van der Waals surface area contributed by atoms with E-state index in [0.29, 0.717) is 0 Å². The lowest BCUT2D eigenvalue weighted by atomic mass is 9.99. The van der Waals surface area contributed by atoms with Crippen LogP contribution in [0.25, 0.3) is 0 Å². The van der Waals surface area contributed by atoms with Crippen molar-refractivity contribution in [1.29, 1.82) is 0 Å². The van der Waals surface area contributed by atoms with Crippen LogP contribution in [0.1, 0.15) is 19.3 Å². The van der Waals surface area contributed by atoms with E-state index in [1.54, 1.807) is 0 Å². The molecule has 0 bridgehead atoms. The summed E-state index contributed by atoms with van der Waals surface area (Å²) in [6, 6.07) is 0.728. The Labute approximate surface area is 98.7 Å². The number of hydrogen-bond acceptors (Lipinski definition) is 2. The van der Waals surface area contributed by atoms with Gasteiger partial charge in [0.25, 0.3) is 0 Å². The maximum Gasteiger partial charge on any atom is 0.0199 e. The SMILES string of the molecule is C=C1C=CC=C(CN2CCC(NC)CC2)C1. The first-order chi connectivity index (χ1) is 7.78. The molecule has 2 aliphatic rings. The summed E-state index contributed by atoms with van der Waals surface area (Å²) in [6.07, 6.45) is 10.1. The zero-order valence-electron chi connectivity index (χ0n) is 10.2. The second kappa shape index (κ2) is 5.46. The highest BCUT2D eigenvalue weighted by Gasteiger charge is 2.18. The van der Waals surface area contributed by atoms with Gasteiger partial charge in [-0.05, 0) is 39.4 Å². The Kier molecular flexibility index (Phi) is 3.97. The van der Waals surface area contributed by atoms with Crippen molar-refractivity contribution < 1.29 is 0 Å². The summed E-state index contributed by atoms with van der Waals surface area (Å²) < 4.78 is 0. The molecule has 1 heterocycles. The van der Waals surface area contributed by atoms with Crippen molar-refractivity contribution in [1.82, 2.24) is 10.2 Å². The molecular weight excluding hydrogens is 196 g/mol. The molecule has 0 aromatic carbocycles. The first-order valence-electron chi connectivity index (χ1n) is 6.21. The third kappa shape index (κ3) is 3.06. The van der Waals surface area contributed by atoms with Gasteiger partial charge in [-0.25, -0.2) is 0 Å². The molecule has 0 saturated carbocycles. The summed E-state index contributed by atoms with van der Waals surface area (Å²) in [5.41, 5.74) is 2.75. The molecule has 0 spiro atoms. The highest BCUT2D eigenvalue weighted by atomic mass is 15.1. The smallest absolute Gasteiger partial charge is 0.0199 e. The van der Waals surface area contributed by atoms with Gasteiger partial charge in [-0.1, -0.05) is 36.0 Å². The second-order valence-corrected chi connectivity index (χ2v) is 4.86. The zero-order chi connectivity index (χ0) is 11.4. The number of nitrogens with one attached hydrogen (secondary N) is 1. The van der Waals surface area contributed by atoms with Crippen LogP contribution in [0.4, 0.5) is 0 Å². The van der Waals surface area contributed by atoms with Crippen molar-refractivity contribution in [3.8, 4) is 0 Å². The Balaban J connectivity index is 1.80. The molecule has 1 aliphatic carbocycles. The van der Waals surface area contributed by atoms with E-state index in [1.807, 2.05) is 0 Å². The van der Waals surface area contributed by atoms with Crippen molar-refractivity contribution in [2.45, 2.75) is 25.3 Å². The molecule has 0 radical (unpaired) electrons. The van der Waals surface area contributed by atoms with Crippen molar-refractivity contribution in [2.75, 3.05) is 26.7 Å². The van der Waals surface area contributed by atoms with Crippen LogP contribution in [-0.4, -0.2) is 37.6 Å². The maximum atomic E-state index is 4.03. The molecule has 88 valence electrons. The van der Waals surface area contributed by atoms with E-state index in [1.165, 1.54) is 37.1 Å². The van der Waals surface area contributed by atoms with E-state index in [9.17, 15) is 0 Å². The summed E-state index contributed by atoms with van der Waals surface area (Å²) in [6.45, 7) is 7.59. The topological polar surface area (TPSA) is 15.3 Å². The lowest BCUT2D eigenvalue weighted by Crippen LogP contribution is -2.41. The third-order valence-electron chi connectivity index (χ3n) is 3.54. The lowest BCUT2D eigenvalue weighted by Gasteiger charge is -2.32. The fraction of sp³-hybridized carbons (Fsp3) is 0.571. The minimum atomic E-state index is 0.728. The van der Waals surface area contributed by atoms with Gasteiger partial charge in [0.1, 0.15) is 0 Å². The van der Waals surface area contributed by atoms with Gasteiger partial charge in [-0.2, -0.15) is 0 Å². The summed E-state index contributed by atoms with van der Waals surface area (Å²) in [5, 5.41) is 3.37. The van der Waals surface area contributed by atoms with E-state index in [4.69, 9.17) is 0 Å². The maximum absolute atomic E-state index is 4.03. The van der Waals surface area contributed by atoms with Gasteiger partial charge in [0.2, 0.25) is 0 Å². The average Bonchev–Trinajstić information content (AvgIpc) is 2.30. The molecule has 16 heavy (non-hydrogen) atoms. The lowest BCUT2D eigenvalue weighted by molar-refractivity contribution is 0.215. The largest absolute Gasteiger partial charge is 0.317 e. The van der Waals surface area contributed by atoms with Gasteiger partial charge in [-0.15, -0.1) is 0 Å². The van der Waals surface area contributed by atoms with E-state index >= 15 is 0 Å². The molecule has 0 aromatic heterocycles. The third-order valence-corrected chi connectivity index (χ3v) is 3.54. The van der Waals surface area contributed by atoms with E-state index in [-0.39, 0.29) is 0 Å². The van der Waals surface area contributed by atoms with Gasteiger partial charge < -0.3 is 5.32 Å². The molecule has 0 aromatic rings. The van der Waals surface area contributed by atoms with Crippen LogP contribution in [-0.2, 0) is 0 Å². The predicted molar refractivity (Wildman–Crippen MR) is 69.5 cm³/mol. The predicted octanol–water partition coefficient (Wildman–Crippen LogP) is 2.11. The van der Waals surface area contributed by atoms with Gasteiger partial charge >= 0.3 is 0 Å². The molecule has 0 unspecified atom stereocenters. The van der Waals surface area contributed by atoms with Crippen molar-refractivity contribution in [2.24, 2.45) is 0 Å². The molecule has 2 nitrogen and oxygen atoms in total. The van der Waals surface area contributed by atoms with Crippen LogP contribution in [0.2, 0.25) is 0 Å². The van der Waals surface area contributed by atoms with Gasteiger partial charge in [-0.3, -0.25) is 4.90 Å². The average molecular weight is 218 g/mol. The molecule has 1 saturated heterocycles. The van der Waals surface area contributed by atoms with Gasteiger partial charge in [0.05, 0.1) is 0 Å². The fourth-order valence-corrected chi connectivity index (χ4v) is 2.51. The standard InChI is InChI=1S/C14H22N2/c1-12-4-3-5-13(10-12)11-16-8-6-14(15-2)7-9-16/h3-5,14-15H,1,6-11H2,2H3. The summed E-state index contributed by atoms with van der Waals surface area (Å²) in [7, 11) is 2.07. The Hall–Kier alpha value is -0.860. The number of allylic oxidation sites excluding steroid dienone is 4. The summed E-state index contributed by atoms with van der Waals surface area (Å²) >= 11 is 0. The first kappa shape index (κ1) is 11.6. The van der Waals surface area contributed by atoms with Crippen LogP contribution in [0.3, 0.4) is 0 Å². The fourth-order valence-electron chi connectivity index (χ4n) is 2.51. The Morgan fingerprint density at radius 3 is 2.81 bits per heavy atom. The molecule has 0 atom stereocenters. The van der Waals surface area contributed by atoms with Crippen molar-refractivity contribution >= 4 is 0 Å². The zero-order valence-corrected chi connectivity index (χ0v) is 10.2. The van der Waals surface area contributed by atoms with E-state index in [2.05, 4.69) is 42.1 Å².